The van der Waals surface area contributed by atoms with Crippen LogP contribution in [0.4, 0.5) is 0 Å². The fourth-order valence-electron chi connectivity index (χ4n) is 1.94. The van der Waals surface area contributed by atoms with Gasteiger partial charge in [-0.25, -0.2) is 0 Å². The molecular formula is C14H32NNaO. The Morgan fingerprint density at radius 1 is 0.706 bits per heavy atom. The second-order valence-electron chi connectivity index (χ2n) is 4.66. The van der Waals surface area contributed by atoms with Gasteiger partial charge in [0.15, 0.2) is 0 Å². The van der Waals surface area contributed by atoms with Gasteiger partial charge in [0.25, 0.3) is 0 Å². The zero-order chi connectivity index (χ0) is 11.9. The van der Waals surface area contributed by atoms with Crippen molar-refractivity contribution in [1.82, 2.24) is 5.32 Å². The van der Waals surface area contributed by atoms with Crippen LogP contribution in [0.15, 0.2) is 0 Å². The van der Waals surface area contributed by atoms with Crippen molar-refractivity contribution in [3.05, 3.63) is 0 Å². The number of unbranched alkanes of at least 4 members (excludes halogenated alkanes) is 9. The van der Waals surface area contributed by atoms with Gasteiger partial charge in [-0.1, -0.05) is 64.7 Å². The molecule has 0 aromatic carbocycles. The third-order valence-electron chi connectivity index (χ3n) is 3.00. The van der Waals surface area contributed by atoms with Crippen molar-refractivity contribution in [1.29, 1.82) is 0 Å². The summed E-state index contributed by atoms with van der Waals surface area (Å²) in [6.07, 6.45) is 13.9. The molecule has 0 aromatic rings. The molecule has 17 heavy (non-hydrogen) atoms. The first kappa shape index (κ1) is 20.2. The molecule has 0 amide bonds. The van der Waals surface area contributed by atoms with Gasteiger partial charge < -0.3 is 10.4 Å². The van der Waals surface area contributed by atoms with Crippen molar-refractivity contribution in [3.63, 3.8) is 0 Å². The summed E-state index contributed by atoms with van der Waals surface area (Å²) in [5, 5.41) is 11.8. The minimum absolute atomic E-state index is 0. The predicted molar refractivity (Wildman–Crippen MR) is 78.9 cm³/mol. The summed E-state index contributed by atoms with van der Waals surface area (Å²) in [6.45, 7) is 4.34. The molecule has 0 aliphatic heterocycles. The van der Waals surface area contributed by atoms with Crippen LogP contribution in [0.1, 0.15) is 71.1 Å². The molecule has 0 saturated heterocycles. The average molecular weight is 253 g/mol. The van der Waals surface area contributed by atoms with E-state index in [9.17, 15) is 0 Å². The van der Waals surface area contributed by atoms with Gasteiger partial charge in [0.1, 0.15) is 0 Å². The molecule has 3 heteroatoms. The Morgan fingerprint density at radius 2 is 1.18 bits per heavy atom. The topological polar surface area (TPSA) is 32.3 Å². The van der Waals surface area contributed by atoms with Crippen molar-refractivity contribution in [2.45, 2.75) is 71.1 Å². The Kier molecular flexibility index (Phi) is 22.9. The van der Waals surface area contributed by atoms with Crippen LogP contribution in [-0.2, 0) is 0 Å². The number of hydrogen-bond donors (Lipinski definition) is 2. The quantitative estimate of drug-likeness (QED) is 0.391. The summed E-state index contributed by atoms with van der Waals surface area (Å²) >= 11 is 0. The molecule has 100 valence electrons. The molecule has 0 aliphatic rings. The van der Waals surface area contributed by atoms with Crippen LogP contribution in [0.2, 0.25) is 0 Å². The zero-order valence-electron chi connectivity index (χ0n) is 11.1. The Hall–Kier alpha value is 0.920. The molecule has 0 saturated carbocycles. The second kappa shape index (κ2) is 19.3. The first-order valence-corrected chi connectivity index (χ1v) is 7.23. The van der Waals surface area contributed by atoms with Gasteiger partial charge in [-0.15, -0.1) is 0 Å². The second-order valence-corrected chi connectivity index (χ2v) is 4.66. The van der Waals surface area contributed by atoms with E-state index in [1.165, 1.54) is 64.2 Å². The molecule has 0 radical (unpaired) electrons. The van der Waals surface area contributed by atoms with E-state index in [2.05, 4.69) is 12.2 Å². The van der Waals surface area contributed by atoms with Crippen molar-refractivity contribution < 1.29 is 5.11 Å². The first-order chi connectivity index (χ1) is 7.91. The molecule has 0 aliphatic carbocycles. The van der Waals surface area contributed by atoms with Crippen LogP contribution in [0.5, 0.6) is 0 Å². The van der Waals surface area contributed by atoms with E-state index in [0.717, 1.165) is 13.1 Å². The summed E-state index contributed by atoms with van der Waals surface area (Å²) in [4.78, 5) is 0. The molecule has 2 nitrogen and oxygen atoms in total. The fraction of sp³-hybridized carbons (Fsp3) is 1.00. The van der Waals surface area contributed by atoms with E-state index in [0.29, 0.717) is 0 Å². The summed E-state index contributed by atoms with van der Waals surface area (Å²) < 4.78 is 0. The van der Waals surface area contributed by atoms with Gasteiger partial charge in [-0.05, 0) is 13.0 Å². The molecule has 0 spiro atoms. The summed E-state index contributed by atoms with van der Waals surface area (Å²) in [7, 11) is 0. The van der Waals surface area contributed by atoms with Crippen molar-refractivity contribution >= 4 is 29.6 Å². The maximum atomic E-state index is 8.57. The SMILES string of the molecule is CCCCCCCCCCCCNCCO.[NaH]. The number of nitrogens with one attached hydrogen (secondary N) is 1. The first-order valence-electron chi connectivity index (χ1n) is 7.23. The van der Waals surface area contributed by atoms with Crippen LogP contribution in [0.3, 0.4) is 0 Å². The molecule has 2 N–H and O–H groups in total. The van der Waals surface area contributed by atoms with Crippen LogP contribution in [0.25, 0.3) is 0 Å². The van der Waals surface area contributed by atoms with E-state index in [-0.39, 0.29) is 36.2 Å². The Balaban J connectivity index is 0. The van der Waals surface area contributed by atoms with Crippen molar-refractivity contribution in [2.24, 2.45) is 0 Å². The number of rotatable bonds is 13. The van der Waals surface area contributed by atoms with Gasteiger partial charge in [-0.2, -0.15) is 0 Å². The predicted octanol–water partition coefficient (Wildman–Crippen LogP) is 2.84. The molecule has 0 heterocycles. The summed E-state index contributed by atoms with van der Waals surface area (Å²) in [6, 6.07) is 0. The van der Waals surface area contributed by atoms with E-state index < -0.39 is 0 Å². The standard InChI is InChI=1S/C14H31NO.Na.H/c1-2-3-4-5-6-7-8-9-10-11-12-15-13-14-16;;/h15-16H,2-14H2,1H3;;. The van der Waals surface area contributed by atoms with Crippen LogP contribution < -0.4 is 5.32 Å². The Labute approximate surface area is 130 Å². The molecule has 0 rings (SSSR count). The van der Waals surface area contributed by atoms with Gasteiger partial charge in [0, 0.05) is 6.54 Å². The normalized spacial score (nSPS) is 10.2. The summed E-state index contributed by atoms with van der Waals surface area (Å²) in [5.41, 5.74) is 0. The average Bonchev–Trinajstić information content (AvgIpc) is 2.31. The van der Waals surface area contributed by atoms with Crippen molar-refractivity contribution in [2.75, 3.05) is 19.7 Å². The van der Waals surface area contributed by atoms with Crippen molar-refractivity contribution in [3.8, 4) is 0 Å². The number of aliphatic hydroxyl groups excluding tert-OH is 1. The molecule has 0 fully saturated rings. The maximum absolute atomic E-state index is 8.57. The van der Waals surface area contributed by atoms with E-state index in [4.69, 9.17) is 5.11 Å². The monoisotopic (exact) mass is 253 g/mol. The minimum atomic E-state index is 0. The van der Waals surface area contributed by atoms with Gasteiger partial charge in [-0.3, -0.25) is 0 Å². The zero-order valence-corrected chi connectivity index (χ0v) is 11.1. The molecule has 0 unspecified atom stereocenters. The Morgan fingerprint density at radius 3 is 1.65 bits per heavy atom. The molecular weight excluding hydrogens is 221 g/mol. The molecule has 0 aromatic heterocycles. The fourth-order valence-corrected chi connectivity index (χ4v) is 1.94. The van der Waals surface area contributed by atoms with Gasteiger partial charge in [0.2, 0.25) is 0 Å². The van der Waals surface area contributed by atoms with Crippen LogP contribution in [0, 0.1) is 0 Å². The van der Waals surface area contributed by atoms with E-state index in [1.54, 1.807) is 0 Å². The molecule has 0 bridgehead atoms. The third-order valence-corrected chi connectivity index (χ3v) is 3.00. The van der Waals surface area contributed by atoms with E-state index >= 15 is 0 Å². The van der Waals surface area contributed by atoms with Crippen LogP contribution >= 0.6 is 0 Å². The summed E-state index contributed by atoms with van der Waals surface area (Å²) in [5.74, 6) is 0. The number of hydrogen-bond acceptors (Lipinski definition) is 2. The number of aliphatic hydroxyl groups is 1. The Bertz CT molecular complexity index is 109. The van der Waals surface area contributed by atoms with Gasteiger partial charge >= 0.3 is 29.6 Å². The third kappa shape index (κ3) is 19.4. The van der Waals surface area contributed by atoms with E-state index in [1.807, 2.05) is 0 Å². The van der Waals surface area contributed by atoms with Gasteiger partial charge in [0.05, 0.1) is 6.61 Å². The van der Waals surface area contributed by atoms with Crippen LogP contribution in [-0.4, -0.2) is 54.4 Å². The molecule has 0 atom stereocenters.